The molecule has 1 heterocycles. The number of benzene rings is 1. The molecule has 1 unspecified atom stereocenters. The van der Waals surface area contributed by atoms with Gasteiger partial charge in [0.05, 0.1) is 4.92 Å². The van der Waals surface area contributed by atoms with Crippen LogP contribution in [0, 0.1) is 17.0 Å². The molecule has 114 valence electrons. The highest BCUT2D eigenvalue weighted by Gasteiger charge is 2.17. The lowest BCUT2D eigenvalue weighted by Crippen LogP contribution is -2.30. The summed E-state index contributed by atoms with van der Waals surface area (Å²) < 4.78 is 5.49. The second-order valence-corrected chi connectivity index (χ2v) is 4.62. The summed E-state index contributed by atoms with van der Waals surface area (Å²) in [5, 5.41) is 13.3. The fraction of sp³-hybridized carbons (Fsp3) is 0.200. The summed E-state index contributed by atoms with van der Waals surface area (Å²) in [6.07, 6.45) is -0.723. The number of amides is 1. The van der Waals surface area contributed by atoms with Gasteiger partial charge in [-0.15, -0.1) is 0 Å². The number of nitro groups is 1. The van der Waals surface area contributed by atoms with Crippen molar-refractivity contribution in [1.82, 2.24) is 4.98 Å². The van der Waals surface area contributed by atoms with Crippen molar-refractivity contribution in [3.8, 4) is 5.75 Å². The summed E-state index contributed by atoms with van der Waals surface area (Å²) in [6.45, 7) is 3.12. The zero-order valence-corrected chi connectivity index (χ0v) is 12.1. The van der Waals surface area contributed by atoms with Crippen molar-refractivity contribution >= 4 is 17.4 Å². The van der Waals surface area contributed by atoms with Crippen LogP contribution in [-0.2, 0) is 4.79 Å². The first kappa shape index (κ1) is 15.4. The molecule has 0 aliphatic rings. The van der Waals surface area contributed by atoms with Crippen LogP contribution in [0.15, 0.2) is 42.5 Å². The van der Waals surface area contributed by atoms with Crippen LogP contribution in [0.5, 0.6) is 5.75 Å². The first-order chi connectivity index (χ1) is 10.5. The van der Waals surface area contributed by atoms with Crippen LogP contribution in [0.3, 0.4) is 0 Å². The fourth-order valence-electron chi connectivity index (χ4n) is 1.80. The standard InChI is InChI=1S/C15H15N3O4/c1-10-13(18(20)21)8-9-14(16-10)17-15(19)11(2)22-12-6-4-3-5-7-12/h3-9,11H,1-2H3,(H,16,17,19). The van der Waals surface area contributed by atoms with Gasteiger partial charge in [-0.25, -0.2) is 4.98 Å². The van der Waals surface area contributed by atoms with Gasteiger partial charge in [0.15, 0.2) is 6.10 Å². The van der Waals surface area contributed by atoms with Crippen molar-refractivity contribution in [3.63, 3.8) is 0 Å². The number of para-hydroxylation sites is 1. The molecule has 0 fully saturated rings. The number of anilines is 1. The molecule has 0 spiro atoms. The molecule has 0 aliphatic heterocycles. The lowest BCUT2D eigenvalue weighted by atomic mass is 10.3. The monoisotopic (exact) mass is 301 g/mol. The van der Waals surface area contributed by atoms with Gasteiger partial charge in [0.25, 0.3) is 11.6 Å². The van der Waals surface area contributed by atoms with Crippen LogP contribution in [0.25, 0.3) is 0 Å². The van der Waals surface area contributed by atoms with Crippen LogP contribution in [0.1, 0.15) is 12.6 Å². The Labute approximate surface area is 127 Å². The van der Waals surface area contributed by atoms with E-state index in [-0.39, 0.29) is 23.1 Å². The topological polar surface area (TPSA) is 94.4 Å². The minimum atomic E-state index is -0.723. The molecule has 2 aromatic rings. The van der Waals surface area contributed by atoms with Crippen LogP contribution in [-0.4, -0.2) is 21.9 Å². The van der Waals surface area contributed by atoms with Gasteiger partial charge in [0.1, 0.15) is 17.3 Å². The van der Waals surface area contributed by atoms with E-state index in [1.807, 2.05) is 6.07 Å². The summed E-state index contributed by atoms with van der Waals surface area (Å²) in [5.74, 6) is 0.444. The van der Waals surface area contributed by atoms with Gasteiger partial charge in [-0.3, -0.25) is 14.9 Å². The lowest BCUT2D eigenvalue weighted by molar-refractivity contribution is -0.385. The molecule has 0 saturated heterocycles. The van der Waals surface area contributed by atoms with Crippen molar-refractivity contribution in [2.75, 3.05) is 5.32 Å². The van der Waals surface area contributed by atoms with Crippen LogP contribution in [0.4, 0.5) is 11.5 Å². The highest BCUT2D eigenvalue weighted by molar-refractivity contribution is 5.93. The van der Waals surface area contributed by atoms with E-state index >= 15 is 0 Å². The fourth-order valence-corrected chi connectivity index (χ4v) is 1.80. The molecular weight excluding hydrogens is 286 g/mol. The number of hydrogen-bond donors (Lipinski definition) is 1. The Morgan fingerprint density at radius 3 is 2.55 bits per heavy atom. The number of aromatic nitrogens is 1. The van der Waals surface area contributed by atoms with Crippen LogP contribution >= 0.6 is 0 Å². The van der Waals surface area contributed by atoms with E-state index in [0.717, 1.165) is 0 Å². The third-order valence-electron chi connectivity index (χ3n) is 2.93. The van der Waals surface area contributed by atoms with Crippen LogP contribution < -0.4 is 10.1 Å². The van der Waals surface area contributed by atoms with E-state index in [2.05, 4.69) is 10.3 Å². The predicted octanol–water partition coefficient (Wildman–Crippen LogP) is 2.70. The quantitative estimate of drug-likeness (QED) is 0.676. The number of ether oxygens (including phenoxy) is 1. The van der Waals surface area contributed by atoms with Crippen LogP contribution in [0.2, 0.25) is 0 Å². The van der Waals surface area contributed by atoms with Crippen molar-refractivity contribution < 1.29 is 14.5 Å². The zero-order chi connectivity index (χ0) is 16.1. The van der Waals surface area contributed by atoms with Gasteiger partial charge >= 0.3 is 0 Å². The maximum atomic E-state index is 12.0. The molecule has 2 rings (SSSR count). The summed E-state index contributed by atoms with van der Waals surface area (Å²) in [5.41, 5.74) is 0.144. The van der Waals surface area contributed by atoms with E-state index in [0.29, 0.717) is 5.75 Å². The Kier molecular flexibility index (Phi) is 4.67. The molecule has 1 aromatic carbocycles. The number of hydrogen-bond acceptors (Lipinski definition) is 5. The molecule has 0 radical (unpaired) electrons. The Hall–Kier alpha value is -2.96. The molecule has 1 amide bonds. The third kappa shape index (κ3) is 3.78. The maximum absolute atomic E-state index is 12.0. The predicted molar refractivity (Wildman–Crippen MR) is 80.8 cm³/mol. The number of nitrogens with one attached hydrogen (secondary N) is 1. The van der Waals surface area contributed by atoms with Gasteiger partial charge in [-0.1, -0.05) is 18.2 Å². The summed E-state index contributed by atoms with van der Waals surface area (Å²) >= 11 is 0. The largest absolute Gasteiger partial charge is 0.481 e. The Morgan fingerprint density at radius 2 is 1.95 bits per heavy atom. The Balaban J connectivity index is 2.02. The molecule has 7 heteroatoms. The van der Waals surface area contributed by atoms with E-state index in [4.69, 9.17) is 4.74 Å². The van der Waals surface area contributed by atoms with Gasteiger partial charge in [0, 0.05) is 6.07 Å². The molecule has 22 heavy (non-hydrogen) atoms. The molecule has 1 atom stereocenters. The maximum Gasteiger partial charge on any atom is 0.290 e. The molecule has 0 aliphatic carbocycles. The molecule has 0 bridgehead atoms. The van der Waals surface area contributed by atoms with Crippen molar-refractivity contribution in [3.05, 3.63) is 58.3 Å². The van der Waals surface area contributed by atoms with Crippen molar-refractivity contribution in [1.29, 1.82) is 0 Å². The first-order valence-electron chi connectivity index (χ1n) is 6.62. The van der Waals surface area contributed by atoms with Gasteiger partial charge in [-0.05, 0) is 32.0 Å². The smallest absolute Gasteiger partial charge is 0.290 e. The Bertz CT molecular complexity index is 688. The summed E-state index contributed by atoms with van der Waals surface area (Å²) in [7, 11) is 0. The number of carbonyl (C=O) groups is 1. The average molecular weight is 301 g/mol. The van der Waals surface area contributed by atoms with E-state index in [9.17, 15) is 14.9 Å². The SMILES string of the molecule is Cc1nc(NC(=O)C(C)Oc2ccccc2)ccc1[N+](=O)[O-]. The van der Waals surface area contributed by atoms with E-state index < -0.39 is 11.0 Å². The van der Waals surface area contributed by atoms with Gasteiger partial charge in [-0.2, -0.15) is 0 Å². The molecule has 7 nitrogen and oxygen atoms in total. The first-order valence-corrected chi connectivity index (χ1v) is 6.62. The van der Waals surface area contributed by atoms with E-state index in [1.165, 1.54) is 19.1 Å². The second kappa shape index (κ2) is 6.66. The van der Waals surface area contributed by atoms with E-state index in [1.54, 1.807) is 31.2 Å². The number of aryl methyl sites for hydroxylation is 1. The minimum absolute atomic E-state index is 0.0911. The Morgan fingerprint density at radius 1 is 1.27 bits per heavy atom. The number of pyridine rings is 1. The third-order valence-corrected chi connectivity index (χ3v) is 2.93. The van der Waals surface area contributed by atoms with Crippen molar-refractivity contribution in [2.45, 2.75) is 20.0 Å². The normalized spacial score (nSPS) is 11.5. The molecular formula is C15H15N3O4. The van der Waals surface area contributed by atoms with Gasteiger partial charge in [0.2, 0.25) is 0 Å². The summed E-state index contributed by atoms with van der Waals surface area (Å²) in [4.78, 5) is 26.2. The number of carbonyl (C=O) groups excluding carboxylic acids is 1. The lowest BCUT2D eigenvalue weighted by Gasteiger charge is -2.14. The molecule has 1 N–H and O–H groups in total. The highest BCUT2D eigenvalue weighted by atomic mass is 16.6. The number of rotatable bonds is 5. The zero-order valence-electron chi connectivity index (χ0n) is 12.1. The highest BCUT2D eigenvalue weighted by Crippen LogP contribution is 2.18. The summed E-state index contributed by atoms with van der Waals surface area (Å²) in [6, 6.07) is 11.7. The van der Waals surface area contributed by atoms with Crippen molar-refractivity contribution in [2.24, 2.45) is 0 Å². The number of nitrogens with zero attached hydrogens (tertiary/aromatic N) is 2. The van der Waals surface area contributed by atoms with Gasteiger partial charge < -0.3 is 10.1 Å². The second-order valence-electron chi connectivity index (χ2n) is 4.62. The molecule has 1 aromatic heterocycles. The average Bonchev–Trinajstić information content (AvgIpc) is 2.47. The molecule has 0 saturated carbocycles. The minimum Gasteiger partial charge on any atom is -0.481 e.